The standard InChI is InChI=1S/C10H14O4/c1-10(9(13)14)5-3-2-4-7(10)6-8(11)12/h2-3,7H,4-6H2,1H3,(H,11,12)(H,13,14)/t7-,10-/m0/s1. The lowest BCUT2D eigenvalue weighted by Crippen LogP contribution is -2.38. The normalized spacial score (nSPS) is 31.4. The molecule has 1 aliphatic carbocycles. The Kier molecular flexibility index (Phi) is 2.93. The quantitative estimate of drug-likeness (QED) is 0.674. The van der Waals surface area contributed by atoms with Gasteiger partial charge in [-0.25, -0.2) is 0 Å². The second-order valence-corrected chi connectivity index (χ2v) is 3.93. The molecule has 0 saturated carbocycles. The third kappa shape index (κ3) is 1.95. The zero-order valence-electron chi connectivity index (χ0n) is 8.06. The van der Waals surface area contributed by atoms with E-state index in [9.17, 15) is 9.59 Å². The van der Waals surface area contributed by atoms with Crippen LogP contribution >= 0.6 is 0 Å². The number of rotatable bonds is 3. The van der Waals surface area contributed by atoms with Gasteiger partial charge < -0.3 is 10.2 Å². The van der Waals surface area contributed by atoms with Gasteiger partial charge >= 0.3 is 11.9 Å². The molecule has 78 valence electrons. The van der Waals surface area contributed by atoms with Crippen LogP contribution in [0.15, 0.2) is 12.2 Å². The van der Waals surface area contributed by atoms with Crippen molar-refractivity contribution in [3.05, 3.63) is 12.2 Å². The Morgan fingerprint density at radius 2 is 2.07 bits per heavy atom. The highest BCUT2D eigenvalue weighted by molar-refractivity contribution is 5.77. The topological polar surface area (TPSA) is 74.6 Å². The fourth-order valence-corrected chi connectivity index (χ4v) is 1.80. The minimum Gasteiger partial charge on any atom is -0.481 e. The van der Waals surface area contributed by atoms with E-state index in [0.717, 1.165) is 0 Å². The fourth-order valence-electron chi connectivity index (χ4n) is 1.80. The zero-order chi connectivity index (χ0) is 10.8. The molecule has 0 aromatic rings. The van der Waals surface area contributed by atoms with Gasteiger partial charge in [-0.05, 0) is 25.7 Å². The minimum absolute atomic E-state index is 0.0762. The molecule has 0 aliphatic heterocycles. The SMILES string of the molecule is C[C@]1(C(=O)O)CC=CC[C@H]1CC(=O)O. The molecule has 4 nitrogen and oxygen atoms in total. The van der Waals surface area contributed by atoms with Crippen molar-refractivity contribution in [1.82, 2.24) is 0 Å². The average Bonchev–Trinajstić information content (AvgIpc) is 2.08. The van der Waals surface area contributed by atoms with Crippen molar-refractivity contribution in [2.45, 2.75) is 26.2 Å². The molecule has 0 aromatic heterocycles. The van der Waals surface area contributed by atoms with Gasteiger partial charge in [0.25, 0.3) is 0 Å². The summed E-state index contributed by atoms with van der Waals surface area (Å²) in [5.41, 5.74) is -0.923. The summed E-state index contributed by atoms with van der Waals surface area (Å²) in [7, 11) is 0. The summed E-state index contributed by atoms with van der Waals surface area (Å²) >= 11 is 0. The molecule has 0 fully saturated rings. The van der Waals surface area contributed by atoms with Gasteiger partial charge in [-0.2, -0.15) is 0 Å². The molecular weight excluding hydrogens is 184 g/mol. The van der Waals surface area contributed by atoms with E-state index < -0.39 is 17.4 Å². The molecule has 1 aliphatic rings. The van der Waals surface area contributed by atoms with Crippen molar-refractivity contribution in [2.24, 2.45) is 11.3 Å². The molecule has 0 unspecified atom stereocenters. The van der Waals surface area contributed by atoms with Crippen LogP contribution in [0.2, 0.25) is 0 Å². The van der Waals surface area contributed by atoms with E-state index in [2.05, 4.69) is 0 Å². The van der Waals surface area contributed by atoms with Gasteiger partial charge in [0.05, 0.1) is 5.41 Å². The monoisotopic (exact) mass is 198 g/mol. The van der Waals surface area contributed by atoms with Crippen molar-refractivity contribution < 1.29 is 19.8 Å². The predicted molar refractivity (Wildman–Crippen MR) is 49.9 cm³/mol. The molecule has 0 amide bonds. The summed E-state index contributed by atoms with van der Waals surface area (Å²) < 4.78 is 0. The Morgan fingerprint density at radius 1 is 1.43 bits per heavy atom. The molecular formula is C10H14O4. The lowest BCUT2D eigenvalue weighted by Gasteiger charge is -2.34. The summed E-state index contributed by atoms with van der Waals surface area (Å²) in [5.74, 6) is -2.15. The smallest absolute Gasteiger partial charge is 0.309 e. The molecule has 0 aromatic carbocycles. The summed E-state index contributed by atoms with van der Waals surface area (Å²) in [6.45, 7) is 1.62. The van der Waals surface area contributed by atoms with Crippen LogP contribution in [-0.2, 0) is 9.59 Å². The van der Waals surface area contributed by atoms with E-state index in [1.165, 1.54) is 0 Å². The Labute approximate surface area is 82.2 Å². The molecule has 4 heteroatoms. The average molecular weight is 198 g/mol. The fraction of sp³-hybridized carbons (Fsp3) is 0.600. The van der Waals surface area contributed by atoms with Crippen molar-refractivity contribution in [2.75, 3.05) is 0 Å². The van der Waals surface area contributed by atoms with Gasteiger partial charge in [-0.3, -0.25) is 9.59 Å². The number of carbonyl (C=O) groups is 2. The highest BCUT2D eigenvalue weighted by Gasteiger charge is 2.42. The Morgan fingerprint density at radius 3 is 2.57 bits per heavy atom. The van der Waals surface area contributed by atoms with Crippen LogP contribution in [0, 0.1) is 11.3 Å². The lowest BCUT2D eigenvalue weighted by atomic mass is 9.69. The van der Waals surface area contributed by atoms with Crippen LogP contribution in [0.3, 0.4) is 0 Å². The first-order chi connectivity index (χ1) is 6.47. The van der Waals surface area contributed by atoms with Crippen molar-refractivity contribution in [3.8, 4) is 0 Å². The molecule has 14 heavy (non-hydrogen) atoms. The Bertz CT molecular complexity index is 282. The predicted octanol–water partition coefficient (Wildman–Crippen LogP) is 1.52. The van der Waals surface area contributed by atoms with Gasteiger partial charge in [0.2, 0.25) is 0 Å². The molecule has 1 rings (SSSR count). The van der Waals surface area contributed by atoms with E-state index in [1.54, 1.807) is 6.92 Å². The lowest BCUT2D eigenvalue weighted by molar-refractivity contribution is -0.153. The first-order valence-electron chi connectivity index (χ1n) is 4.57. The Hall–Kier alpha value is -1.32. The number of aliphatic carboxylic acids is 2. The van der Waals surface area contributed by atoms with Crippen LogP contribution in [0.1, 0.15) is 26.2 Å². The molecule has 0 spiro atoms. The highest BCUT2D eigenvalue weighted by atomic mass is 16.4. The van der Waals surface area contributed by atoms with E-state index in [1.807, 2.05) is 12.2 Å². The summed E-state index contributed by atoms with van der Waals surface area (Å²) in [5, 5.41) is 17.7. The van der Waals surface area contributed by atoms with E-state index in [4.69, 9.17) is 10.2 Å². The second-order valence-electron chi connectivity index (χ2n) is 3.93. The maximum atomic E-state index is 11.0. The molecule has 2 N–H and O–H groups in total. The first kappa shape index (κ1) is 10.8. The summed E-state index contributed by atoms with van der Waals surface area (Å²) in [6, 6.07) is 0. The van der Waals surface area contributed by atoms with Gasteiger partial charge in [-0.15, -0.1) is 0 Å². The van der Waals surface area contributed by atoms with Crippen LogP contribution in [0.4, 0.5) is 0 Å². The first-order valence-corrected chi connectivity index (χ1v) is 4.57. The molecule has 2 atom stereocenters. The summed E-state index contributed by atoms with van der Waals surface area (Å²) in [6.07, 6.45) is 4.55. The number of hydrogen-bond acceptors (Lipinski definition) is 2. The van der Waals surface area contributed by atoms with Crippen molar-refractivity contribution in [1.29, 1.82) is 0 Å². The Balaban J connectivity index is 2.85. The van der Waals surface area contributed by atoms with Gasteiger partial charge in [0, 0.05) is 6.42 Å². The van der Waals surface area contributed by atoms with E-state index in [-0.39, 0.29) is 12.3 Å². The second kappa shape index (κ2) is 3.82. The third-order valence-electron chi connectivity index (χ3n) is 2.94. The molecule has 0 heterocycles. The highest BCUT2D eigenvalue weighted by Crippen LogP contribution is 2.40. The van der Waals surface area contributed by atoms with E-state index in [0.29, 0.717) is 12.8 Å². The van der Waals surface area contributed by atoms with E-state index >= 15 is 0 Å². The van der Waals surface area contributed by atoms with Gasteiger partial charge in [0.15, 0.2) is 0 Å². The number of carboxylic acids is 2. The maximum Gasteiger partial charge on any atom is 0.309 e. The summed E-state index contributed by atoms with van der Waals surface area (Å²) in [4.78, 5) is 21.6. The zero-order valence-corrected chi connectivity index (χ0v) is 8.06. The number of allylic oxidation sites excluding steroid dienone is 2. The molecule has 0 saturated heterocycles. The largest absolute Gasteiger partial charge is 0.481 e. The van der Waals surface area contributed by atoms with Crippen LogP contribution in [-0.4, -0.2) is 22.2 Å². The minimum atomic E-state index is -0.933. The van der Waals surface area contributed by atoms with Gasteiger partial charge in [0.1, 0.15) is 0 Å². The molecule has 0 radical (unpaired) electrons. The maximum absolute atomic E-state index is 11.0. The van der Waals surface area contributed by atoms with Crippen LogP contribution < -0.4 is 0 Å². The molecule has 0 bridgehead atoms. The van der Waals surface area contributed by atoms with Crippen LogP contribution in [0.5, 0.6) is 0 Å². The van der Waals surface area contributed by atoms with Crippen LogP contribution in [0.25, 0.3) is 0 Å². The van der Waals surface area contributed by atoms with Crippen molar-refractivity contribution in [3.63, 3.8) is 0 Å². The third-order valence-corrected chi connectivity index (χ3v) is 2.94. The van der Waals surface area contributed by atoms with Gasteiger partial charge in [-0.1, -0.05) is 12.2 Å². The van der Waals surface area contributed by atoms with Crippen molar-refractivity contribution >= 4 is 11.9 Å². The number of carboxylic acid groups (broad SMARTS) is 2. The number of hydrogen-bond donors (Lipinski definition) is 2.